The minimum atomic E-state index is -0.535. The summed E-state index contributed by atoms with van der Waals surface area (Å²) in [7, 11) is 1.24. The quantitative estimate of drug-likeness (QED) is 0.469. The zero-order valence-corrected chi connectivity index (χ0v) is 16.3. The highest BCUT2D eigenvalue weighted by Gasteiger charge is 2.15. The van der Waals surface area contributed by atoms with Gasteiger partial charge < -0.3 is 15.4 Å². The Morgan fingerprint density at radius 2 is 2.18 bits per heavy atom. The number of amides is 1. The van der Waals surface area contributed by atoms with Crippen LogP contribution in [0.15, 0.2) is 22.3 Å². The fraction of sp³-hybridized carbons (Fsp3) is 0.353. The molecule has 0 atom stereocenters. The van der Waals surface area contributed by atoms with Crippen LogP contribution in [0.5, 0.6) is 0 Å². The number of esters is 1. The molecule has 0 unspecified atom stereocenters. The number of carbonyl (C=O) groups excluding carboxylic acids is 2. The Bertz CT molecular complexity index is 1040. The van der Waals surface area contributed by atoms with E-state index >= 15 is 0 Å². The van der Waals surface area contributed by atoms with Crippen LogP contribution in [0.4, 0.5) is 5.95 Å². The maximum atomic E-state index is 12.7. The van der Waals surface area contributed by atoms with Crippen LogP contribution in [0.3, 0.4) is 0 Å². The SMILES string of the molecule is COC(=O)CNC(=O)CCc1c(C)nc2nc(NCc3cccs3)[nH]n2c1=O. The van der Waals surface area contributed by atoms with Gasteiger partial charge in [0.15, 0.2) is 0 Å². The summed E-state index contributed by atoms with van der Waals surface area (Å²) in [5, 5.41) is 10.4. The zero-order valence-electron chi connectivity index (χ0n) is 15.4. The lowest BCUT2D eigenvalue weighted by atomic mass is 10.1. The van der Waals surface area contributed by atoms with Crippen LogP contribution in [0.1, 0.15) is 22.6 Å². The van der Waals surface area contributed by atoms with Crippen molar-refractivity contribution in [3.8, 4) is 0 Å². The first kappa shape index (κ1) is 19.5. The molecule has 0 aliphatic carbocycles. The molecule has 0 spiro atoms. The zero-order chi connectivity index (χ0) is 20.1. The maximum Gasteiger partial charge on any atom is 0.325 e. The number of ether oxygens (including phenoxy) is 1. The first-order valence-corrected chi connectivity index (χ1v) is 9.44. The average Bonchev–Trinajstić information content (AvgIpc) is 3.33. The number of nitrogens with one attached hydrogen (secondary N) is 3. The van der Waals surface area contributed by atoms with Gasteiger partial charge in [-0.05, 0) is 24.8 Å². The summed E-state index contributed by atoms with van der Waals surface area (Å²) < 4.78 is 5.72. The third-order valence-corrected chi connectivity index (χ3v) is 4.94. The predicted molar refractivity (Wildman–Crippen MR) is 103 cm³/mol. The van der Waals surface area contributed by atoms with Gasteiger partial charge in [-0.3, -0.25) is 19.5 Å². The molecule has 3 aromatic heterocycles. The number of hydrogen-bond acceptors (Lipinski definition) is 8. The molecule has 0 saturated heterocycles. The van der Waals surface area contributed by atoms with E-state index in [2.05, 4.69) is 30.4 Å². The molecule has 0 bridgehead atoms. The second kappa shape index (κ2) is 8.65. The van der Waals surface area contributed by atoms with Gasteiger partial charge in [0.05, 0.1) is 19.3 Å². The van der Waals surface area contributed by atoms with Crippen molar-refractivity contribution in [1.82, 2.24) is 24.9 Å². The number of thiophene rings is 1. The van der Waals surface area contributed by atoms with Crippen molar-refractivity contribution < 1.29 is 14.3 Å². The van der Waals surface area contributed by atoms with Crippen LogP contribution in [0.25, 0.3) is 5.78 Å². The Hall–Kier alpha value is -3.21. The Labute approximate surface area is 163 Å². The molecular weight excluding hydrogens is 384 g/mol. The normalized spacial score (nSPS) is 10.8. The topological polar surface area (TPSA) is 130 Å². The number of anilines is 1. The van der Waals surface area contributed by atoms with Crippen LogP contribution < -0.4 is 16.2 Å². The monoisotopic (exact) mass is 404 g/mol. The van der Waals surface area contributed by atoms with Crippen molar-refractivity contribution in [3.63, 3.8) is 0 Å². The second-order valence-corrected chi connectivity index (χ2v) is 7.01. The van der Waals surface area contributed by atoms with E-state index in [1.165, 1.54) is 11.6 Å². The molecule has 0 fully saturated rings. The summed E-state index contributed by atoms with van der Waals surface area (Å²) in [6, 6.07) is 3.96. The van der Waals surface area contributed by atoms with Gasteiger partial charge in [-0.2, -0.15) is 9.50 Å². The van der Waals surface area contributed by atoms with Crippen LogP contribution in [0, 0.1) is 6.92 Å². The van der Waals surface area contributed by atoms with Crippen LogP contribution in [-0.4, -0.2) is 45.1 Å². The molecule has 3 N–H and O–H groups in total. The van der Waals surface area contributed by atoms with Crippen molar-refractivity contribution in [2.75, 3.05) is 19.0 Å². The summed E-state index contributed by atoms with van der Waals surface area (Å²) in [5.74, 6) is -0.189. The molecule has 28 heavy (non-hydrogen) atoms. The van der Waals surface area contributed by atoms with E-state index < -0.39 is 5.97 Å². The van der Waals surface area contributed by atoms with E-state index in [9.17, 15) is 14.4 Å². The number of aromatic amines is 1. The number of rotatable bonds is 8. The molecule has 0 aromatic carbocycles. The lowest BCUT2D eigenvalue weighted by molar-refractivity contribution is -0.141. The van der Waals surface area contributed by atoms with Gasteiger partial charge in [0.25, 0.3) is 11.3 Å². The van der Waals surface area contributed by atoms with E-state index in [0.717, 1.165) is 4.88 Å². The molecule has 10 nitrogen and oxygen atoms in total. The van der Waals surface area contributed by atoms with Gasteiger partial charge in [0, 0.05) is 16.9 Å². The summed E-state index contributed by atoms with van der Waals surface area (Å²) in [6.07, 6.45) is 0.253. The van der Waals surface area contributed by atoms with Gasteiger partial charge in [-0.25, -0.2) is 4.98 Å². The lowest BCUT2D eigenvalue weighted by Crippen LogP contribution is -2.31. The molecule has 11 heteroatoms. The molecule has 1 amide bonds. The van der Waals surface area contributed by atoms with Crippen molar-refractivity contribution >= 4 is 34.9 Å². The third kappa shape index (κ3) is 4.55. The molecule has 3 aromatic rings. The maximum absolute atomic E-state index is 12.7. The minimum absolute atomic E-state index is 0.0540. The minimum Gasteiger partial charge on any atom is -0.468 e. The highest BCUT2D eigenvalue weighted by molar-refractivity contribution is 7.09. The number of methoxy groups -OCH3 is 1. The number of aromatic nitrogens is 4. The van der Waals surface area contributed by atoms with Gasteiger partial charge in [-0.15, -0.1) is 11.3 Å². The van der Waals surface area contributed by atoms with Crippen molar-refractivity contribution in [1.29, 1.82) is 0 Å². The summed E-state index contributed by atoms with van der Waals surface area (Å²) in [6.45, 7) is 2.08. The predicted octanol–water partition coefficient (Wildman–Crippen LogP) is 0.621. The Morgan fingerprint density at radius 3 is 2.89 bits per heavy atom. The molecule has 0 radical (unpaired) electrons. The summed E-state index contributed by atoms with van der Waals surface area (Å²) in [4.78, 5) is 45.4. The summed E-state index contributed by atoms with van der Waals surface area (Å²) >= 11 is 1.62. The highest BCUT2D eigenvalue weighted by Crippen LogP contribution is 2.11. The second-order valence-electron chi connectivity index (χ2n) is 5.97. The van der Waals surface area contributed by atoms with Gasteiger partial charge in [0.2, 0.25) is 11.9 Å². The smallest absolute Gasteiger partial charge is 0.325 e. The van der Waals surface area contributed by atoms with Crippen LogP contribution in [0.2, 0.25) is 0 Å². The largest absolute Gasteiger partial charge is 0.468 e. The van der Waals surface area contributed by atoms with E-state index in [-0.39, 0.29) is 36.6 Å². The van der Waals surface area contributed by atoms with E-state index in [0.29, 0.717) is 23.8 Å². The molecule has 0 aliphatic rings. The Balaban J connectivity index is 1.70. The van der Waals surface area contributed by atoms with E-state index in [4.69, 9.17) is 0 Å². The Kier molecular flexibility index (Phi) is 6.04. The first-order valence-electron chi connectivity index (χ1n) is 8.56. The van der Waals surface area contributed by atoms with Gasteiger partial charge >= 0.3 is 5.97 Å². The number of nitrogens with zero attached hydrogens (tertiary/aromatic N) is 3. The van der Waals surface area contributed by atoms with Crippen LogP contribution >= 0.6 is 11.3 Å². The molecule has 3 rings (SSSR count). The third-order valence-electron chi connectivity index (χ3n) is 4.06. The Morgan fingerprint density at radius 1 is 1.36 bits per heavy atom. The number of carbonyl (C=O) groups is 2. The van der Waals surface area contributed by atoms with E-state index in [1.54, 1.807) is 18.3 Å². The average molecular weight is 404 g/mol. The molecule has 0 aliphatic heterocycles. The molecule has 3 heterocycles. The van der Waals surface area contributed by atoms with Crippen molar-refractivity contribution in [3.05, 3.63) is 44.0 Å². The highest BCUT2D eigenvalue weighted by atomic mass is 32.1. The van der Waals surface area contributed by atoms with Gasteiger partial charge in [0.1, 0.15) is 6.54 Å². The molecule has 148 valence electrons. The van der Waals surface area contributed by atoms with Crippen molar-refractivity contribution in [2.24, 2.45) is 0 Å². The number of H-pyrrole nitrogens is 1. The van der Waals surface area contributed by atoms with Gasteiger partial charge in [-0.1, -0.05) is 6.07 Å². The summed E-state index contributed by atoms with van der Waals surface area (Å²) in [5.41, 5.74) is 0.626. The number of fused-ring (bicyclic) bond motifs is 1. The van der Waals surface area contributed by atoms with Crippen LogP contribution in [-0.2, 0) is 27.3 Å². The van der Waals surface area contributed by atoms with Crippen molar-refractivity contribution in [2.45, 2.75) is 26.3 Å². The van der Waals surface area contributed by atoms with E-state index in [1.807, 2.05) is 17.5 Å². The fourth-order valence-electron chi connectivity index (χ4n) is 2.58. The standard InChI is InChI=1S/C17H20N6O4S/c1-10-12(5-6-13(24)18-9-14(25)27-2)15(26)23-17(20-10)21-16(22-23)19-8-11-4-3-7-28-11/h3-4,7H,5-6,8-9H2,1-2H3,(H,18,24)(H2,19,20,21,22). The molecule has 0 saturated carbocycles. The number of hydrogen-bond donors (Lipinski definition) is 3. The first-order chi connectivity index (χ1) is 13.5. The number of aryl methyl sites for hydroxylation is 1. The molecular formula is C17H20N6O4S. The fourth-order valence-corrected chi connectivity index (χ4v) is 3.22. The lowest BCUT2D eigenvalue weighted by Gasteiger charge is -2.06.